The highest BCUT2D eigenvalue weighted by atomic mass is 16.6. The zero-order valence-electron chi connectivity index (χ0n) is 51.3. The first-order valence-electron chi connectivity index (χ1n) is 32.7. The monoisotopic (exact) mass is 1090 g/mol. The third kappa shape index (κ3) is 64.3. The van der Waals surface area contributed by atoms with Gasteiger partial charge < -0.3 is 14.2 Å². The fourth-order valence-electron chi connectivity index (χ4n) is 8.84. The van der Waals surface area contributed by atoms with Crippen molar-refractivity contribution in [1.82, 2.24) is 0 Å². The van der Waals surface area contributed by atoms with Gasteiger partial charge in [0.15, 0.2) is 6.10 Å². The SMILES string of the molecule is CC/C=C\C/C=C\C/C=C\C/C=C\C/C=C\C/C=C\C/C=C\CCCC(=O)OCC(COC(=O)CCCC/C=C\C/C=C\C/C=C\C/C=C\CC)OC(=O)CCCCCCCCCCCCCCCCCCCCCCCCC. The summed E-state index contributed by atoms with van der Waals surface area (Å²) in [5, 5.41) is 0. The van der Waals surface area contributed by atoms with Gasteiger partial charge in [-0.15, -0.1) is 0 Å². The van der Waals surface area contributed by atoms with E-state index in [1.807, 2.05) is 0 Å². The third-order valence-electron chi connectivity index (χ3n) is 13.7. The lowest BCUT2D eigenvalue weighted by Gasteiger charge is -2.18. The molecule has 0 N–H and O–H groups in total. The Hall–Kier alpha value is -4.45. The highest BCUT2D eigenvalue weighted by molar-refractivity contribution is 5.71. The summed E-state index contributed by atoms with van der Waals surface area (Å²) in [4.78, 5) is 38.3. The van der Waals surface area contributed by atoms with E-state index in [9.17, 15) is 14.4 Å². The summed E-state index contributed by atoms with van der Waals surface area (Å²) in [7, 11) is 0. The Bertz CT molecular complexity index is 1680. The van der Waals surface area contributed by atoms with E-state index in [-0.39, 0.29) is 37.5 Å². The minimum Gasteiger partial charge on any atom is -0.462 e. The molecule has 0 rings (SSSR count). The quantitative estimate of drug-likeness (QED) is 0.0261. The molecule has 0 aromatic carbocycles. The largest absolute Gasteiger partial charge is 0.462 e. The standard InChI is InChI=1S/C73H120O6/c1-4-7-10-13-16-19-22-25-28-30-32-34-36-38-40-42-45-48-51-54-57-60-63-66-72(75)78-69-70(68-77-71(74)65-62-59-56-53-50-47-44-27-24-21-18-15-12-9-6-3)79-73(76)67-64-61-58-55-52-49-46-43-41-39-37-35-33-31-29-26-23-20-17-14-11-8-5-2/h7,9-10,12,16,18-19,21,25,27-28,32,34,38,40,44-45,48,50,53-54,57,70H,4-6,8,11,13-15,17,20,22-24,26,29-31,33,35-37,39,41-43,46-47,49,51-52,55-56,58-69H2,1-3H3/b10-7-,12-9-,19-16-,21-18-,28-25-,34-32-,40-38-,44-27-,48-45-,53-50-,57-54-. The average molecular weight is 1090 g/mol. The summed E-state index contributed by atoms with van der Waals surface area (Å²) in [6.45, 7) is 6.35. The Labute approximate surface area is 487 Å². The molecule has 0 aliphatic carbocycles. The maximum atomic E-state index is 12.9. The summed E-state index contributed by atoms with van der Waals surface area (Å²) in [6, 6.07) is 0. The summed E-state index contributed by atoms with van der Waals surface area (Å²) in [6.07, 6.45) is 93.3. The van der Waals surface area contributed by atoms with Crippen molar-refractivity contribution < 1.29 is 28.6 Å². The average Bonchev–Trinajstić information content (AvgIpc) is 3.45. The van der Waals surface area contributed by atoms with E-state index >= 15 is 0 Å². The Kier molecular flexibility index (Phi) is 62.3. The number of rotatable bonds is 58. The van der Waals surface area contributed by atoms with Gasteiger partial charge in [0.2, 0.25) is 0 Å². The molecule has 1 unspecified atom stereocenters. The van der Waals surface area contributed by atoms with Crippen LogP contribution in [0.3, 0.4) is 0 Å². The van der Waals surface area contributed by atoms with E-state index in [2.05, 4.69) is 154 Å². The molecule has 0 aliphatic heterocycles. The van der Waals surface area contributed by atoms with Crippen molar-refractivity contribution in [2.75, 3.05) is 13.2 Å². The molecule has 0 heterocycles. The van der Waals surface area contributed by atoms with Crippen molar-refractivity contribution in [3.05, 3.63) is 134 Å². The van der Waals surface area contributed by atoms with Gasteiger partial charge in [-0.2, -0.15) is 0 Å². The molecule has 0 saturated carbocycles. The van der Waals surface area contributed by atoms with Crippen LogP contribution in [0.4, 0.5) is 0 Å². The predicted molar refractivity (Wildman–Crippen MR) is 343 cm³/mol. The van der Waals surface area contributed by atoms with Gasteiger partial charge in [0, 0.05) is 19.3 Å². The van der Waals surface area contributed by atoms with Crippen LogP contribution in [-0.4, -0.2) is 37.2 Å². The van der Waals surface area contributed by atoms with E-state index in [0.29, 0.717) is 25.7 Å². The van der Waals surface area contributed by atoms with Crippen LogP contribution in [0.5, 0.6) is 0 Å². The number of hydrogen-bond donors (Lipinski definition) is 0. The Balaban J connectivity index is 4.48. The molecule has 0 spiro atoms. The van der Waals surface area contributed by atoms with Crippen LogP contribution < -0.4 is 0 Å². The summed E-state index contributed by atoms with van der Waals surface area (Å²) in [5.74, 6) is -1.01. The fraction of sp³-hybridized carbons (Fsp3) is 0.658. The molecule has 0 saturated heterocycles. The molecule has 0 aliphatic rings. The topological polar surface area (TPSA) is 78.9 Å². The third-order valence-corrected chi connectivity index (χ3v) is 13.7. The van der Waals surface area contributed by atoms with E-state index in [1.54, 1.807) is 0 Å². The first-order valence-corrected chi connectivity index (χ1v) is 32.7. The first kappa shape index (κ1) is 74.5. The van der Waals surface area contributed by atoms with E-state index < -0.39 is 6.10 Å². The molecule has 0 amide bonds. The zero-order chi connectivity index (χ0) is 57.1. The molecule has 0 radical (unpaired) electrons. The number of unbranched alkanes of at least 4 members (excludes halogenated alkanes) is 25. The summed E-state index contributed by atoms with van der Waals surface area (Å²) < 4.78 is 16.9. The van der Waals surface area contributed by atoms with Crippen LogP contribution >= 0.6 is 0 Å². The van der Waals surface area contributed by atoms with Gasteiger partial charge in [-0.3, -0.25) is 14.4 Å². The molecule has 0 aromatic heterocycles. The molecule has 1 atom stereocenters. The number of carbonyl (C=O) groups is 3. The highest BCUT2D eigenvalue weighted by Crippen LogP contribution is 2.17. The second kappa shape index (κ2) is 66.1. The van der Waals surface area contributed by atoms with Crippen LogP contribution in [0.2, 0.25) is 0 Å². The minimum absolute atomic E-state index is 0.120. The molecular weight excluding hydrogens is 973 g/mol. The Morgan fingerprint density at radius 1 is 0.266 bits per heavy atom. The van der Waals surface area contributed by atoms with E-state index in [0.717, 1.165) is 109 Å². The van der Waals surface area contributed by atoms with E-state index in [1.165, 1.54) is 128 Å². The number of hydrogen-bond acceptors (Lipinski definition) is 6. The first-order chi connectivity index (χ1) is 39.0. The second-order valence-electron chi connectivity index (χ2n) is 21.3. The molecule has 6 nitrogen and oxygen atoms in total. The lowest BCUT2D eigenvalue weighted by Crippen LogP contribution is -2.30. The van der Waals surface area contributed by atoms with Crippen LogP contribution in [0.1, 0.15) is 290 Å². The fourth-order valence-corrected chi connectivity index (χ4v) is 8.84. The summed E-state index contributed by atoms with van der Waals surface area (Å²) in [5.41, 5.74) is 0. The van der Waals surface area contributed by atoms with Crippen molar-refractivity contribution >= 4 is 17.9 Å². The van der Waals surface area contributed by atoms with Crippen LogP contribution in [0.15, 0.2) is 134 Å². The Morgan fingerprint density at radius 3 is 0.823 bits per heavy atom. The van der Waals surface area contributed by atoms with Gasteiger partial charge in [0.25, 0.3) is 0 Å². The zero-order valence-corrected chi connectivity index (χ0v) is 51.3. The molecule has 0 fully saturated rings. The maximum Gasteiger partial charge on any atom is 0.306 e. The van der Waals surface area contributed by atoms with Gasteiger partial charge in [0.05, 0.1) is 0 Å². The minimum atomic E-state index is -0.824. The molecule has 79 heavy (non-hydrogen) atoms. The van der Waals surface area contributed by atoms with E-state index in [4.69, 9.17) is 14.2 Å². The van der Waals surface area contributed by atoms with Crippen LogP contribution in [0, 0.1) is 0 Å². The van der Waals surface area contributed by atoms with Crippen molar-refractivity contribution in [3.8, 4) is 0 Å². The van der Waals surface area contributed by atoms with Crippen LogP contribution in [0.25, 0.3) is 0 Å². The molecule has 0 aromatic rings. The normalized spacial score (nSPS) is 13.0. The second-order valence-corrected chi connectivity index (χ2v) is 21.3. The molecule has 448 valence electrons. The lowest BCUT2D eigenvalue weighted by molar-refractivity contribution is -0.167. The van der Waals surface area contributed by atoms with Gasteiger partial charge in [-0.25, -0.2) is 0 Å². The molecule has 6 heteroatoms. The molecular formula is C73H120O6. The number of ether oxygens (including phenoxy) is 3. The van der Waals surface area contributed by atoms with Gasteiger partial charge in [-0.1, -0.05) is 296 Å². The van der Waals surface area contributed by atoms with Gasteiger partial charge in [-0.05, 0) is 109 Å². The van der Waals surface area contributed by atoms with Crippen molar-refractivity contribution in [3.63, 3.8) is 0 Å². The number of allylic oxidation sites excluding steroid dienone is 22. The van der Waals surface area contributed by atoms with Crippen molar-refractivity contribution in [2.45, 2.75) is 297 Å². The molecule has 0 bridgehead atoms. The van der Waals surface area contributed by atoms with Gasteiger partial charge in [0.1, 0.15) is 13.2 Å². The summed E-state index contributed by atoms with van der Waals surface area (Å²) >= 11 is 0. The smallest absolute Gasteiger partial charge is 0.306 e. The maximum absolute atomic E-state index is 12.9. The number of carbonyl (C=O) groups excluding carboxylic acids is 3. The lowest BCUT2D eigenvalue weighted by atomic mass is 10.0. The Morgan fingerprint density at radius 2 is 0.506 bits per heavy atom. The van der Waals surface area contributed by atoms with Crippen molar-refractivity contribution in [1.29, 1.82) is 0 Å². The van der Waals surface area contributed by atoms with Crippen LogP contribution in [-0.2, 0) is 28.6 Å². The predicted octanol–water partition coefficient (Wildman–Crippen LogP) is 22.5. The van der Waals surface area contributed by atoms with Crippen molar-refractivity contribution in [2.24, 2.45) is 0 Å². The number of esters is 3. The highest BCUT2D eigenvalue weighted by Gasteiger charge is 2.19. The van der Waals surface area contributed by atoms with Gasteiger partial charge >= 0.3 is 17.9 Å².